The number of nitriles is 1. The molecule has 1 aromatic heterocycles. The molecule has 0 spiro atoms. The Morgan fingerprint density at radius 3 is 2.60 bits per heavy atom. The third-order valence-corrected chi connectivity index (χ3v) is 3.24. The third kappa shape index (κ3) is 2.14. The molecule has 0 atom stereocenters. The topological polar surface area (TPSA) is 28.7 Å². The van der Waals surface area contributed by atoms with Crippen molar-refractivity contribution in [3.63, 3.8) is 0 Å². The normalized spacial score (nSPS) is 10.7. The summed E-state index contributed by atoms with van der Waals surface area (Å²) < 4.78 is 28.0. The average molecular weight is 268 g/mol. The molecule has 2 nitrogen and oxygen atoms in total. The van der Waals surface area contributed by atoms with E-state index < -0.39 is 11.6 Å². The molecule has 3 rings (SSSR count). The van der Waals surface area contributed by atoms with Gasteiger partial charge in [-0.3, -0.25) is 0 Å². The fourth-order valence-corrected chi connectivity index (χ4v) is 2.23. The van der Waals surface area contributed by atoms with Crippen LogP contribution in [0.3, 0.4) is 0 Å². The van der Waals surface area contributed by atoms with Crippen molar-refractivity contribution >= 4 is 10.9 Å². The van der Waals surface area contributed by atoms with E-state index in [2.05, 4.69) is 6.07 Å². The molecule has 0 saturated heterocycles. The maximum atomic E-state index is 13.2. The number of fused-ring (bicyclic) bond motifs is 1. The summed E-state index contributed by atoms with van der Waals surface area (Å²) in [6, 6.07) is 13.3. The van der Waals surface area contributed by atoms with Gasteiger partial charge in [-0.25, -0.2) is 8.78 Å². The van der Waals surface area contributed by atoms with Gasteiger partial charge in [0.25, 0.3) is 0 Å². The highest BCUT2D eigenvalue weighted by Gasteiger charge is 2.06. The lowest BCUT2D eigenvalue weighted by Gasteiger charge is -2.06. The summed E-state index contributed by atoms with van der Waals surface area (Å²) in [5, 5.41) is 9.94. The van der Waals surface area contributed by atoms with Gasteiger partial charge < -0.3 is 4.57 Å². The minimum atomic E-state index is -0.850. The fourth-order valence-electron chi connectivity index (χ4n) is 2.23. The van der Waals surface area contributed by atoms with E-state index in [-0.39, 0.29) is 0 Å². The van der Waals surface area contributed by atoms with Crippen molar-refractivity contribution in [3.05, 3.63) is 71.4 Å². The van der Waals surface area contributed by atoms with Crippen LogP contribution in [-0.4, -0.2) is 4.57 Å². The van der Waals surface area contributed by atoms with E-state index in [9.17, 15) is 8.78 Å². The zero-order valence-electron chi connectivity index (χ0n) is 10.5. The highest BCUT2D eigenvalue weighted by Crippen LogP contribution is 2.19. The van der Waals surface area contributed by atoms with Crippen LogP contribution in [0.1, 0.15) is 11.1 Å². The van der Waals surface area contributed by atoms with Crippen LogP contribution in [0.25, 0.3) is 10.9 Å². The molecule has 1 heterocycles. The number of hydrogen-bond donors (Lipinski definition) is 0. The molecule has 0 bridgehead atoms. The van der Waals surface area contributed by atoms with E-state index in [1.807, 2.05) is 22.9 Å². The summed E-state index contributed by atoms with van der Waals surface area (Å²) >= 11 is 0. The van der Waals surface area contributed by atoms with Crippen LogP contribution in [0.15, 0.2) is 48.7 Å². The molecule has 4 heteroatoms. The van der Waals surface area contributed by atoms with E-state index in [1.54, 1.807) is 18.2 Å². The molecule has 0 radical (unpaired) electrons. The number of halogens is 2. The van der Waals surface area contributed by atoms with Crippen LogP contribution in [0.2, 0.25) is 0 Å². The van der Waals surface area contributed by atoms with Crippen molar-refractivity contribution in [1.29, 1.82) is 5.26 Å². The fraction of sp³-hybridized carbons (Fsp3) is 0.0625. The van der Waals surface area contributed by atoms with Gasteiger partial charge in [-0.05, 0) is 41.3 Å². The largest absolute Gasteiger partial charge is 0.343 e. The van der Waals surface area contributed by atoms with E-state index in [4.69, 9.17) is 5.26 Å². The number of aromatic nitrogens is 1. The van der Waals surface area contributed by atoms with Gasteiger partial charge in [0.1, 0.15) is 0 Å². The van der Waals surface area contributed by atoms with Crippen molar-refractivity contribution < 1.29 is 8.78 Å². The Morgan fingerprint density at radius 2 is 1.85 bits per heavy atom. The number of nitrogens with zero attached hydrogens (tertiary/aromatic N) is 2. The number of hydrogen-bond acceptors (Lipinski definition) is 1. The summed E-state index contributed by atoms with van der Waals surface area (Å²) in [5.74, 6) is -1.70. The number of rotatable bonds is 2. The molecule has 0 saturated carbocycles. The van der Waals surface area contributed by atoms with E-state index in [0.29, 0.717) is 17.7 Å². The first kappa shape index (κ1) is 12.4. The molecule has 98 valence electrons. The highest BCUT2D eigenvalue weighted by atomic mass is 19.2. The number of benzene rings is 2. The predicted molar refractivity (Wildman–Crippen MR) is 72.1 cm³/mol. The standard InChI is InChI=1S/C16H10F2N2/c17-14-4-2-12(7-15(14)18)10-20-6-5-13-3-1-11(9-19)8-16(13)20/h1-8H,10H2. The molecule has 0 N–H and O–H groups in total. The summed E-state index contributed by atoms with van der Waals surface area (Å²) in [7, 11) is 0. The monoisotopic (exact) mass is 268 g/mol. The zero-order chi connectivity index (χ0) is 14.1. The molecule has 0 aliphatic heterocycles. The smallest absolute Gasteiger partial charge is 0.159 e. The zero-order valence-corrected chi connectivity index (χ0v) is 10.5. The van der Waals surface area contributed by atoms with Crippen LogP contribution in [0.4, 0.5) is 8.78 Å². The van der Waals surface area contributed by atoms with Crippen LogP contribution < -0.4 is 0 Å². The van der Waals surface area contributed by atoms with Gasteiger partial charge in [-0.1, -0.05) is 12.1 Å². The van der Waals surface area contributed by atoms with Gasteiger partial charge in [0, 0.05) is 18.3 Å². The first-order valence-corrected chi connectivity index (χ1v) is 6.10. The predicted octanol–water partition coefficient (Wildman–Crippen LogP) is 3.84. The summed E-state index contributed by atoms with van der Waals surface area (Å²) in [4.78, 5) is 0. The summed E-state index contributed by atoms with van der Waals surface area (Å²) in [6.45, 7) is 0.426. The van der Waals surface area contributed by atoms with E-state index in [1.165, 1.54) is 6.07 Å². The molecule has 0 amide bonds. The minimum absolute atomic E-state index is 0.426. The lowest BCUT2D eigenvalue weighted by Crippen LogP contribution is -1.99. The third-order valence-electron chi connectivity index (χ3n) is 3.24. The molecular weight excluding hydrogens is 258 g/mol. The molecule has 0 fully saturated rings. The Bertz CT molecular complexity index is 828. The molecule has 20 heavy (non-hydrogen) atoms. The quantitative estimate of drug-likeness (QED) is 0.694. The maximum absolute atomic E-state index is 13.2. The second-order valence-corrected chi connectivity index (χ2v) is 4.58. The lowest BCUT2D eigenvalue weighted by atomic mass is 10.1. The SMILES string of the molecule is N#Cc1ccc2ccn(Cc3ccc(F)c(F)c3)c2c1. The molecular formula is C16H10F2N2. The maximum Gasteiger partial charge on any atom is 0.159 e. The molecule has 0 aliphatic carbocycles. The molecule has 0 unspecified atom stereocenters. The van der Waals surface area contributed by atoms with Crippen LogP contribution >= 0.6 is 0 Å². The van der Waals surface area contributed by atoms with E-state index in [0.717, 1.165) is 17.0 Å². The Labute approximate surface area is 114 Å². The van der Waals surface area contributed by atoms with Gasteiger partial charge >= 0.3 is 0 Å². The first-order valence-electron chi connectivity index (χ1n) is 6.10. The summed E-state index contributed by atoms with van der Waals surface area (Å²) in [5.41, 5.74) is 2.14. The molecule has 3 aromatic rings. The van der Waals surface area contributed by atoms with Crippen molar-refractivity contribution in [2.45, 2.75) is 6.54 Å². The van der Waals surface area contributed by atoms with Gasteiger partial charge in [-0.15, -0.1) is 0 Å². The van der Waals surface area contributed by atoms with Crippen molar-refractivity contribution in [1.82, 2.24) is 4.57 Å². The second-order valence-electron chi connectivity index (χ2n) is 4.58. The van der Waals surface area contributed by atoms with Crippen LogP contribution in [-0.2, 0) is 6.54 Å². The van der Waals surface area contributed by atoms with Crippen LogP contribution in [0, 0.1) is 23.0 Å². The Morgan fingerprint density at radius 1 is 1.00 bits per heavy atom. The lowest BCUT2D eigenvalue weighted by molar-refractivity contribution is 0.506. The van der Waals surface area contributed by atoms with E-state index >= 15 is 0 Å². The van der Waals surface area contributed by atoms with Gasteiger partial charge in [0.15, 0.2) is 11.6 Å². The van der Waals surface area contributed by atoms with Crippen molar-refractivity contribution in [2.24, 2.45) is 0 Å². The highest BCUT2D eigenvalue weighted by molar-refractivity contribution is 5.81. The Hall–Kier alpha value is -2.67. The molecule has 2 aromatic carbocycles. The summed E-state index contributed by atoms with van der Waals surface area (Å²) in [6.07, 6.45) is 1.87. The second kappa shape index (κ2) is 4.78. The average Bonchev–Trinajstić information content (AvgIpc) is 2.85. The first-order chi connectivity index (χ1) is 9.67. The van der Waals surface area contributed by atoms with Crippen LogP contribution in [0.5, 0.6) is 0 Å². The molecule has 0 aliphatic rings. The minimum Gasteiger partial charge on any atom is -0.343 e. The van der Waals surface area contributed by atoms with Crippen molar-refractivity contribution in [2.75, 3.05) is 0 Å². The van der Waals surface area contributed by atoms with Crippen molar-refractivity contribution in [3.8, 4) is 6.07 Å². The Kier molecular flexibility index (Phi) is 2.96. The Balaban J connectivity index is 2.02. The van der Waals surface area contributed by atoms with Gasteiger partial charge in [0.05, 0.1) is 11.6 Å². The van der Waals surface area contributed by atoms with Gasteiger partial charge in [-0.2, -0.15) is 5.26 Å². The van der Waals surface area contributed by atoms with Gasteiger partial charge in [0.2, 0.25) is 0 Å².